The Kier molecular flexibility index (Phi) is 3.89. The number of fused-ring (bicyclic) bond motifs is 1. The molecule has 4 aromatic rings. The van der Waals surface area contributed by atoms with Gasteiger partial charge >= 0.3 is 5.88 Å². The first-order valence-corrected chi connectivity index (χ1v) is 8.73. The number of rotatable bonds is 3. The van der Waals surface area contributed by atoms with Crippen LogP contribution in [0.25, 0.3) is 21.5 Å². The quantitative estimate of drug-likeness (QED) is 0.543. The minimum atomic E-state index is -0.348. The molecule has 3 N–H and O–H groups in total. The molecule has 0 saturated carbocycles. The second-order valence-electron chi connectivity index (χ2n) is 5.95. The van der Waals surface area contributed by atoms with Crippen molar-refractivity contribution >= 4 is 39.0 Å². The molecule has 0 radical (unpaired) electrons. The monoisotopic (exact) mass is 366 g/mol. The third kappa shape index (κ3) is 2.91. The lowest BCUT2D eigenvalue weighted by atomic mass is 10.1. The Hall–Kier alpha value is -3.26. The molecule has 8 heteroatoms. The molecule has 0 spiro atoms. The van der Waals surface area contributed by atoms with Gasteiger partial charge in [-0.2, -0.15) is 0 Å². The fraction of sp³-hybridized carbons (Fsp3) is 0.111. The van der Waals surface area contributed by atoms with Crippen molar-refractivity contribution in [1.82, 2.24) is 10.3 Å². The Balaban J connectivity index is 1.69. The van der Waals surface area contributed by atoms with Crippen molar-refractivity contribution < 1.29 is 14.0 Å². The standard InChI is InChI=1S/C18H15N5O2S/c1-10-3-5-11(6-4-10)13-8-7-12-15(19)16(26-18(12)20-13)17(24)21-14-9-23(2)22-25-14/h3-9H,1-2H3,(H2-,19,21,22,24)/p+1. The molecule has 4 rings (SSSR count). The van der Waals surface area contributed by atoms with E-state index in [0.717, 1.165) is 16.6 Å². The molecular formula is C18H16N5O2S+. The fourth-order valence-electron chi connectivity index (χ4n) is 2.60. The molecule has 0 fully saturated rings. The molecule has 0 saturated heterocycles. The van der Waals surface area contributed by atoms with E-state index in [0.29, 0.717) is 15.4 Å². The topological polar surface area (TPSA) is 97.9 Å². The summed E-state index contributed by atoms with van der Waals surface area (Å²) in [6.45, 7) is 2.04. The second-order valence-corrected chi connectivity index (χ2v) is 6.95. The van der Waals surface area contributed by atoms with Crippen molar-refractivity contribution in [2.75, 3.05) is 11.1 Å². The first kappa shape index (κ1) is 16.2. The van der Waals surface area contributed by atoms with Crippen LogP contribution in [0.2, 0.25) is 0 Å². The lowest BCUT2D eigenvalue weighted by Crippen LogP contribution is -2.28. The van der Waals surface area contributed by atoms with Crippen molar-refractivity contribution in [2.45, 2.75) is 6.92 Å². The lowest BCUT2D eigenvalue weighted by molar-refractivity contribution is -0.739. The molecular weight excluding hydrogens is 350 g/mol. The number of aromatic nitrogens is 3. The SMILES string of the molecule is Cc1ccc(-c2ccc3c(N)c(C(=O)Nc4c[n+](C)no4)sc3n2)cc1. The first-order valence-electron chi connectivity index (χ1n) is 7.91. The number of amides is 1. The Bertz CT molecular complexity index is 1110. The van der Waals surface area contributed by atoms with E-state index in [-0.39, 0.29) is 11.8 Å². The van der Waals surface area contributed by atoms with Gasteiger partial charge in [0.2, 0.25) is 0 Å². The molecule has 7 nitrogen and oxygen atoms in total. The van der Waals surface area contributed by atoms with Crippen LogP contribution in [-0.2, 0) is 7.05 Å². The molecule has 0 atom stereocenters. The number of hydrogen-bond donors (Lipinski definition) is 2. The summed E-state index contributed by atoms with van der Waals surface area (Å²) in [5.74, 6) is -0.0956. The summed E-state index contributed by atoms with van der Waals surface area (Å²) in [6, 6.07) is 11.9. The number of carbonyl (C=O) groups excluding carboxylic acids is 1. The molecule has 0 aliphatic carbocycles. The van der Waals surface area contributed by atoms with Crippen LogP contribution in [0.5, 0.6) is 0 Å². The fourth-order valence-corrected chi connectivity index (χ4v) is 3.59. The summed E-state index contributed by atoms with van der Waals surface area (Å²) < 4.78 is 6.44. The van der Waals surface area contributed by atoms with E-state index >= 15 is 0 Å². The molecule has 130 valence electrons. The zero-order valence-corrected chi connectivity index (χ0v) is 15.0. The van der Waals surface area contributed by atoms with Crippen molar-refractivity contribution in [3.8, 4) is 11.3 Å². The Labute approximate surface area is 153 Å². The number of anilines is 2. The number of nitrogens with two attached hydrogens (primary N) is 1. The van der Waals surface area contributed by atoms with E-state index in [1.165, 1.54) is 21.6 Å². The zero-order chi connectivity index (χ0) is 18.3. The third-order valence-electron chi connectivity index (χ3n) is 3.96. The van der Waals surface area contributed by atoms with Gasteiger partial charge in [-0.05, 0) is 19.1 Å². The summed E-state index contributed by atoms with van der Waals surface area (Å²) in [5, 5.41) is 7.08. The number of thiophene rings is 1. The van der Waals surface area contributed by atoms with Crippen LogP contribution in [-0.4, -0.2) is 16.2 Å². The van der Waals surface area contributed by atoms with Crippen LogP contribution >= 0.6 is 11.3 Å². The van der Waals surface area contributed by atoms with Gasteiger partial charge in [0, 0.05) is 10.9 Å². The maximum absolute atomic E-state index is 12.5. The number of benzene rings is 1. The van der Waals surface area contributed by atoms with E-state index in [4.69, 9.17) is 10.3 Å². The summed E-state index contributed by atoms with van der Waals surface area (Å²) in [4.78, 5) is 18.3. The predicted octanol–water partition coefficient (Wildman–Crippen LogP) is 2.92. The second kappa shape index (κ2) is 6.23. The molecule has 3 aromatic heterocycles. The van der Waals surface area contributed by atoms with Gasteiger partial charge < -0.3 is 5.73 Å². The number of pyridine rings is 1. The molecule has 3 heterocycles. The van der Waals surface area contributed by atoms with Crippen molar-refractivity contribution in [1.29, 1.82) is 0 Å². The van der Waals surface area contributed by atoms with E-state index in [2.05, 4.69) is 15.6 Å². The third-order valence-corrected chi connectivity index (χ3v) is 5.07. The van der Waals surface area contributed by atoms with Gasteiger partial charge in [-0.1, -0.05) is 34.5 Å². The van der Waals surface area contributed by atoms with Crippen molar-refractivity contribution in [2.24, 2.45) is 7.05 Å². The Morgan fingerprint density at radius 3 is 2.69 bits per heavy atom. The van der Waals surface area contributed by atoms with E-state index in [1.54, 1.807) is 13.2 Å². The number of aryl methyl sites for hydroxylation is 2. The molecule has 0 aliphatic rings. The highest BCUT2D eigenvalue weighted by atomic mass is 32.1. The number of nitrogens with one attached hydrogen (secondary N) is 1. The van der Waals surface area contributed by atoms with Gasteiger partial charge in [0.15, 0.2) is 12.3 Å². The molecule has 0 bridgehead atoms. The molecule has 1 aromatic carbocycles. The molecule has 0 unspecified atom stereocenters. The number of hydrogen-bond acceptors (Lipinski definition) is 6. The number of nitrogens with zero attached hydrogens (tertiary/aromatic N) is 3. The van der Waals surface area contributed by atoms with Gasteiger partial charge in [0.05, 0.1) is 11.4 Å². The maximum atomic E-state index is 12.5. The zero-order valence-electron chi connectivity index (χ0n) is 14.2. The summed E-state index contributed by atoms with van der Waals surface area (Å²) in [7, 11) is 1.70. The number of carbonyl (C=O) groups is 1. The van der Waals surface area contributed by atoms with Crippen LogP contribution in [0.1, 0.15) is 15.2 Å². The summed E-state index contributed by atoms with van der Waals surface area (Å²) in [5.41, 5.74) is 9.63. The van der Waals surface area contributed by atoms with Crippen LogP contribution in [0.4, 0.5) is 11.6 Å². The maximum Gasteiger partial charge on any atom is 0.302 e. The van der Waals surface area contributed by atoms with Crippen LogP contribution in [0, 0.1) is 6.92 Å². The highest BCUT2D eigenvalue weighted by molar-refractivity contribution is 7.21. The minimum Gasteiger partial charge on any atom is -0.397 e. The molecule has 26 heavy (non-hydrogen) atoms. The van der Waals surface area contributed by atoms with Gasteiger partial charge in [-0.3, -0.25) is 14.6 Å². The van der Waals surface area contributed by atoms with E-state index < -0.39 is 0 Å². The Morgan fingerprint density at radius 2 is 2.00 bits per heavy atom. The average molecular weight is 366 g/mol. The van der Waals surface area contributed by atoms with E-state index in [1.807, 2.05) is 43.3 Å². The van der Waals surface area contributed by atoms with Gasteiger partial charge in [0.1, 0.15) is 9.71 Å². The normalized spacial score (nSPS) is 11.0. The highest BCUT2D eigenvalue weighted by Crippen LogP contribution is 2.34. The van der Waals surface area contributed by atoms with Crippen LogP contribution < -0.4 is 15.7 Å². The summed E-state index contributed by atoms with van der Waals surface area (Å²) in [6.07, 6.45) is 1.56. The Morgan fingerprint density at radius 1 is 1.23 bits per heavy atom. The average Bonchev–Trinajstić information content (AvgIpc) is 3.18. The summed E-state index contributed by atoms with van der Waals surface area (Å²) >= 11 is 1.25. The smallest absolute Gasteiger partial charge is 0.302 e. The molecule has 1 amide bonds. The van der Waals surface area contributed by atoms with Gasteiger partial charge in [0.25, 0.3) is 12.1 Å². The van der Waals surface area contributed by atoms with E-state index in [9.17, 15) is 4.79 Å². The lowest BCUT2D eigenvalue weighted by Gasteiger charge is -2.01. The van der Waals surface area contributed by atoms with Crippen LogP contribution in [0.15, 0.2) is 47.1 Å². The van der Waals surface area contributed by atoms with Crippen LogP contribution in [0.3, 0.4) is 0 Å². The largest absolute Gasteiger partial charge is 0.397 e. The predicted molar refractivity (Wildman–Crippen MR) is 99.8 cm³/mol. The number of nitrogen functional groups attached to an aromatic ring is 1. The first-order chi connectivity index (χ1) is 12.5. The van der Waals surface area contributed by atoms with Crippen molar-refractivity contribution in [3.05, 3.63) is 53.0 Å². The van der Waals surface area contributed by atoms with Gasteiger partial charge in [-0.25, -0.2) is 4.98 Å². The molecule has 0 aliphatic heterocycles. The van der Waals surface area contributed by atoms with Crippen molar-refractivity contribution in [3.63, 3.8) is 0 Å². The highest BCUT2D eigenvalue weighted by Gasteiger charge is 2.20. The van der Waals surface area contributed by atoms with Gasteiger partial charge in [-0.15, -0.1) is 11.3 Å². The minimum absolute atomic E-state index is 0.252.